The van der Waals surface area contributed by atoms with Crippen LogP contribution in [0.25, 0.3) is 0 Å². The second-order valence-electron chi connectivity index (χ2n) is 5.69. The third kappa shape index (κ3) is 6.43. The van der Waals surface area contributed by atoms with Gasteiger partial charge < -0.3 is 10.4 Å². The molecule has 0 aromatic heterocycles. The lowest BCUT2D eigenvalue weighted by Gasteiger charge is -2.20. The zero-order chi connectivity index (χ0) is 12.9. The topological polar surface area (TPSA) is 66.4 Å². The van der Waals surface area contributed by atoms with Crippen LogP contribution in [0.4, 0.5) is 0 Å². The van der Waals surface area contributed by atoms with Crippen molar-refractivity contribution in [2.45, 2.75) is 53.5 Å². The van der Waals surface area contributed by atoms with Crippen molar-refractivity contribution in [2.75, 3.05) is 0 Å². The van der Waals surface area contributed by atoms with Gasteiger partial charge in [-0.05, 0) is 17.8 Å². The Balaban J connectivity index is 4.17. The van der Waals surface area contributed by atoms with Gasteiger partial charge in [0.05, 0.1) is 0 Å². The van der Waals surface area contributed by atoms with E-state index >= 15 is 0 Å². The summed E-state index contributed by atoms with van der Waals surface area (Å²) >= 11 is 0. The molecular formula is C12H23NO3. The summed E-state index contributed by atoms with van der Waals surface area (Å²) in [6.07, 6.45) is 1.13. The minimum absolute atomic E-state index is 0.0912. The van der Waals surface area contributed by atoms with Gasteiger partial charge in [0.2, 0.25) is 5.91 Å². The lowest BCUT2D eigenvalue weighted by molar-refractivity contribution is -0.143. The molecule has 0 aromatic carbocycles. The van der Waals surface area contributed by atoms with E-state index in [9.17, 15) is 9.59 Å². The molecule has 1 unspecified atom stereocenters. The van der Waals surface area contributed by atoms with Crippen LogP contribution < -0.4 is 5.32 Å². The van der Waals surface area contributed by atoms with Gasteiger partial charge in [0, 0.05) is 6.42 Å². The molecule has 16 heavy (non-hydrogen) atoms. The zero-order valence-electron chi connectivity index (χ0n) is 10.8. The molecule has 0 saturated heterocycles. The summed E-state index contributed by atoms with van der Waals surface area (Å²) in [4.78, 5) is 22.4. The highest BCUT2D eigenvalue weighted by Gasteiger charge is 2.23. The van der Waals surface area contributed by atoms with Gasteiger partial charge in [0.15, 0.2) is 0 Å². The first kappa shape index (κ1) is 14.9. The normalized spacial score (nSPS) is 13.6. The first-order valence-corrected chi connectivity index (χ1v) is 5.65. The van der Waals surface area contributed by atoms with Crippen molar-refractivity contribution in [3.63, 3.8) is 0 Å². The minimum atomic E-state index is -0.973. The SMILES string of the molecule is CC(C)C(NC(=O)CCC(C)(C)C)C(=O)O. The summed E-state index contributed by atoms with van der Waals surface area (Å²) in [5.74, 6) is -1.26. The van der Waals surface area contributed by atoms with Gasteiger partial charge in [-0.15, -0.1) is 0 Å². The van der Waals surface area contributed by atoms with Crippen LogP contribution in [0.2, 0.25) is 0 Å². The highest BCUT2D eigenvalue weighted by Crippen LogP contribution is 2.20. The Hall–Kier alpha value is -1.06. The van der Waals surface area contributed by atoms with Crippen molar-refractivity contribution < 1.29 is 14.7 Å². The van der Waals surface area contributed by atoms with Crippen LogP contribution in [0.1, 0.15) is 47.5 Å². The summed E-state index contributed by atoms with van der Waals surface area (Å²) < 4.78 is 0. The van der Waals surface area contributed by atoms with E-state index in [1.807, 2.05) is 0 Å². The smallest absolute Gasteiger partial charge is 0.326 e. The molecule has 1 amide bonds. The highest BCUT2D eigenvalue weighted by atomic mass is 16.4. The maximum absolute atomic E-state index is 11.5. The van der Waals surface area contributed by atoms with E-state index in [0.29, 0.717) is 6.42 Å². The fourth-order valence-electron chi connectivity index (χ4n) is 1.25. The fourth-order valence-corrected chi connectivity index (χ4v) is 1.25. The van der Waals surface area contributed by atoms with Crippen LogP contribution in [0.3, 0.4) is 0 Å². The van der Waals surface area contributed by atoms with Crippen molar-refractivity contribution >= 4 is 11.9 Å². The predicted octanol–water partition coefficient (Wildman–Crippen LogP) is 2.04. The molecule has 4 nitrogen and oxygen atoms in total. The Labute approximate surface area is 97.4 Å². The third-order valence-electron chi connectivity index (χ3n) is 2.35. The second-order valence-corrected chi connectivity index (χ2v) is 5.69. The molecule has 4 heteroatoms. The number of nitrogens with one attached hydrogen (secondary N) is 1. The fraction of sp³-hybridized carbons (Fsp3) is 0.833. The number of aliphatic carboxylic acids is 1. The van der Waals surface area contributed by atoms with Gasteiger partial charge in [-0.1, -0.05) is 34.6 Å². The summed E-state index contributed by atoms with van der Waals surface area (Å²) in [6, 6.07) is -0.785. The van der Waals surface area contributed by atoms with Gasteiger partial charge in [-0.2, -0.15) is 0 Å². The van der Waals surface area contributed by atoms with Crippen molar-refractivity contribution in [1.82, 2.24) is 5.32 Å². The van der Waals surface area contributed by atoms with E-state index in [1.54, 1.807) is 13.8 Å². The molecule has 1 atom stereocenters. The lowest BCUT2D eigenvalue weighted by atomic mass is 9.90. The maximum Gasteiger partial charge on any atom is 0.326 e. The van der Waals surface area contributed by atoms with E-state index in [1.165, 1.54) is 0 Å². The van der Waals surface area contributed by atoms with Gasteiger partial charge in [-0.3, -0.25) is 4.79 Å². The van der Waals surface area contributed by atoms with Gasteiger partial charge in [0.25, 0.3) is 0 Å². The number of carboxylic acids is 1. The van der Waals surface area contributed by atoms with E-state index in [0.717, 1.165) is 6.42 Å². The minimum Gasteiger partial charge on any atom is -0.480 e. The average Bonchev–Trinajstić information content (AvgIpc) is 2.08. The van der Waals surface area contributed by atoms with Crippen molar-refractivity contribution in [3.8, 4) is 0 Å². The van der Waals surface area contributed by atoms with E-state index in [-0.39, 0.29) is 17.2 Å². The highest BCUT2D eigenvalue weighted by molar-refractivity contribution is 5.83. The number of amides is 1. The van der Waals surface area contributed by atoms with Crippen LogP contribution in [-0.2, 0) is 9.59 Å². The molecule has 0 saturated carbocycles. The lowest BCUT2D eigenvalue weighted by Crippen LogP contribution is -2.44. The molecule has 0 radical (unpaired) electrons. The summed E-state index contributed by atoms with van der Waals surface area (Å²) in [6.45, 7) is 9.72. The van der Waals surface area contributed by atoms with Gasteiger partial charge in [-0.25, -0.2) is 4.79 Å². The van der Waals surface area contributed by atoms with Crippen molar-refractivity contribution in [2.24, 2.45) is 11.3 Å². The Morgan fingerprint density at radius 1 is 1.25 bits per heavy atom. The largest absolute Gasteiger partial charge is 0.480 e. The number of rotatable bonds is 5. The Morgan fingerprint density at radius 3 is 2.06 bits per heavy atom. The Kier molecular flexibility index (Phi) is 5.48. The van der Waals surface area contributed by atoms with Crippen LogP contribution in [0.15, 0.2) is 0 Å². The molecule has 0 rings (SSSR count). The maximum atomic E-state index is 11.5. The molecule has 0 bridgehead atoms. The van der Waals surface area contributed by atoms with Crippen LogP contribution in [0.5, 0.6) is 0 Å². The molecule has 0 fully saturated rings. The summed E-state index contributed by atoms with van der Waals surface area (Å²) in [5, 5.41) is 11.5. The zero-order valence-corrected chi connectivity index (χ0v) is 10.8. The average molecular weight is 229 g/mol. The monoisotopic (exact) mass is 229 g/mol. The van der Waals surface area contributed by atoms with Crippen LogP contribution >= 0.6 is 0 Å². The van der Waals surface area contributed by atoms with E-state index < -0.39 is 12.0 Å². The first-order chi connectivity index (χ1) is 7.13. The summed E-state index contributed by atoms with van der Waals surface area (Å²) in [5.41, 5.74) is 0.0912. The molecule has 0 aliphatic rings. The first-order valence-electron chi connectivity index (χ1n) is 5.65. The summed E-state index contributed by atoms with van der Waals surface area (Å²) in [7, 11) is 0. The number of hydrogen-bond acceptors (Lipinski definition) is 2. The van der Waals surface area contributed by atoms with Crippen LogP contribution in [-0.4, -0.2) is 23.0 Å². The Bertz CT molecular complexity index is 253. The molecule has 0 aliphatic heterocycles. The molecule has 0 spiro atoms. The molecular weight excluding hydrogens is 206 g/mol. The third-order valence-corrected chi connectivity index (χ3v) is 2.35. The van der Waals surface area contributed by atoms with Crippen molar-refractivity contribution in [3.05, 3.63) is 0 Å². The number of carboxylic acid groups (broad SMARTS) is 1. The van der Waals surface area contributed by atoms with E-state index in [4.69, 9.17) is 5.11 Å². The van der Waals surface area contributed by atoms with Crippen molar-refractivity contribution in [1.29, 1.82) is 0 Å². The molecule has 0 aromatic rings. The molecule has 0 aliphatic carbocycles. The molecule has 2 N–H and O–H groups in total. The van der Waals surface area contributed by atoms with Gasteiger partial charge >= 0.3 is 5.97 Å². The van der Waals surface area contributed by atoms with E-state index in [2.05, 4.69) is 26.1 Å². The Morgan fingerprint density at radius 2 is 1.75 bits per heavy atom. The quantitative estimate of drug-likeness (QED) is 0.758. The van der Waals surface area contributed by atoms with Gasteiger partial charge in [0.1, 0.15) is 6.04 Å². The number of hydrogen-bond donors (Lipinski definition) is 2. The standard InChI is InChI=1S/C12H23NO3/c1-8(2)10(11(15)16)13-9(14)6-7-12(3,4)5/h8,10H,6-7H2,1-5H3,(H,13,14)(H,15,16). The molecule has 0 heterocycles. The predicted molar refractivity (Wildman–Crippen MR) is 63.1 cm³/mol. The molecule has 94 valence electrons. The second kappa shape index (κ2) is 5.87. The van der Waals surface area contributed by atoms with Crippen LogP contribution in [0, 0.1) is 11.3 Å². The number of carbonyl (C=O) groups excluding carboxylic acids is 1. The number of carbonyl (C=O) groups is 2.